The van der Waals surface area contributed by atoms with Gasteiger partial charge in [0.15, 0.2) is 0 Å². The number of amides is 1. The largest absolute Gasteiger partial charge is 0.387 e. The third-order valence-corrected chi connectivity index (χ3v) is 6.09. The molecule has 11 nitrogen and oxygen atoms in total. The predicted octanol–water partition coefficient (Wildman–Crippen LogP) is 3.64. The van der Waals surface area contributed by atoms with Crippen molar-refractivity contribution in [2.45, 2.75) is 25.6 Å². The first-order valence-electron chi connectivity index (χ1n) is 12.0. The first kappa shape index (κ1) is 25.5. The Morgan fingerprint density at radius 2 is 1.97 bits per heavy atom. The second kappa shape index (κ2) is 10.3. The zero-order chi connectivity index (χ0) is 27.6. The minimum Gasteiger partial charge on any atom is -0.387 e. The molecule has 5 heterocycles. The number of carbonyl (C=O) groups excluding carboxylic acids is 1. The van der Waals surface area contributed by atoms with Gasteiger partial charge < -0.3 is 15.7 Å². The molecule has 0 aliphatic rings. The van der Waals surface area contributed by atoms with Crippen LogP contribution >= 0.6 is 0 Å². The fourth-order valence-electron chi connectivity index (χ4n) is 3.85. The maximum absolute atomic E-state index is 14.3. The third kappa shape index (κ3) is 5.43. The van der Waals surface area contributed by atoms with E-state index in [9.17, 15) is 14.3 Å². The Morgan fingerprint density at radius 3 is 2.67 bits per heavy atom. The van der Waals surface area contributed by atoms with Crippen molar-refractivity contribution in [1.82, 2.24) is 35.1 Å². The number of nitrogens with one attached hydrogen (secondary N) is 3. The number of carbonyl (C=O) groups is 1. The van der Waals surface area contributed by atoms with Crippen LogP contribution in [0.2, 0.25) is 0 Å². The highest BCUT2D eigenvalue weighted by molar-refractivity contribution is 6.00. The van der Waals surface area contributed by atoms with E-state index < -0.39 is 17.7 Å². The van der Waals surface area contributed by atoms with Gasteiger partial charge in [0.2, 0.25) is 0 Å². The molecular weight excluding hydrogens is 501 g/mol. The number of fused-ring (bicyclic) bond motifs is 1. The molecule has 5 aromatic rings. The van der Waals surface area contributed by atoms with Crippen LogP contribution in [0.1, 0.15) is 29.8 Å². The zero-order valence-electron chi connectivity index (χ0n) is 21.1. The van der Waals surface area contributed by atoms with Gasteiger partial charge in [-0.25, -0.2) is 8.91 Å². The molecule has 4 N–H and O–H groups in total. The Hall–Kier alpha value is -5.15. The number of hydrogen-bond acceptors (Lipinski definition) is 8. The number of aromatic nitrogens is 6. The molecule has 0 saturated carbocycles. The van der Waals surface area contributed by atoms with Gasteiger partial charge in [0.25, 0.3) is 5.91 Å². The third-order valence-electron chi connectivity index (χ3n) is 6.09. The lowest BCUT2D eigenvalue weighted by Crippen LogP contribution is -2.42. The summed E-state index contributed by atoms with van der Waals surface area (Å²) in [5.41, 5.74) is 3.40. The van der Waals surface area contributed by atoms with Crippen molar-refractivity contribution in [1.29, 1.82) is 5.26 Å². The van der Waals surface area contributed by atoms with Gasteiger partial charge in [-0.05, 0) is 50.2 Å². The maximum atomic E-state index is 14.3. The first-order valence-corrected chi connectivity index (χ1v) is 12.0. The van der Waals surface area contributed by atoms with Gasteiger partial charge in [0, 0.05) is 18.0 Å². The van der Waals surface area contributed by atoms with Crippen LogP contribution in [0.3, 0.4) is 0 Å². The molecule has 0 bridgehead atoms. The highest BCUT2D eigenvalue weighted by Crippen LogP contribution is 2.28. The van der Waals surface area contributed by atoms with Crippen LogP contribution in [0, 0.1) is 11.3 Å². The summed E-state index contributed by atoms with van der Waals surface area (Å²) in [5.74, 6) is -0.566. The highest BCUT2D eigenvalue weighted by Gasteiger charge is 2.27. The number of aromatic amines is 1. The summed E-state index contributed by atoms with van der Waals surface area (Å²) in [6.07, 6.45) is 6.19. The molecule has 0 saturated heterocycles. The van der Waals surface area contributed by atoms with E-state index in [4.69, 9.17) is 5.26 Å². The summed E-state index contributed by atoms with van der Waals surface area (Å²) in [5, 5.41) is 35.8. The maximum Gasteiger partial charge on any atom is 0.255 e. The molecule has 1 amide bonds. The molecule has 5 rings (SSSR count). The molecule has 39 heavy (non-hydrogen) atoms. The zero-order valence-corrected chi connectivity index (χ0v) is 21.1. The number of halogens is 1. The van der Waals surface area contributed by atoms with Gasteiger partial charge in [-0.1, -0.05) is 0 Å². The number of H-pyrrole nitrogens is 1. The number of pyridine rings is 2. The summed E-state index contributed by atoms with van der Waals surface area (Å²) in [7, 11) is 0. The summed E-state index contributed by atoms with van der Waals surface area (Å²) < 4.78 is 15.9. The van der Waals surface area contributed by atoms with Gasteiger partial charge in [-0.3, -0.25) is 19.9 Å². The van der Waals surface area contributed by atoms with Crippen molar-refractivity contribution in [3.63, 3.8) is 0 Å². The van der Waals surface area contributed by atoms with E-state index in [-0.39, 0.29) is 12.1 Å². The van der Waals surface area contributed by atoms with Crippen LogP contribution < -0.4 is 10.6 Å². The molecule has 0 aromatic carbocycles. The average molecular weight is 526 g/mol. The number of nitriles is 1. The minimum atomic E-state index is -1.67. The highest BCUT2D eigenvalue weighted by atomic mass is 19.1. The van der Waals surface area contributed by atoms with Crippen molar-refractivity contribution in [2.24, 2.45) is 0 Å². The van der Waals surface area contributed by atoms with E-state index in [2.05, 4.69) is 42.0 Å². The van der Waals surface area contributed by atoms with Gasteiger partial charge in [-0.2, -0.15) is 15.5 Å². The van der Waals surface area contributed by atoms with Crippen molar-refractivity contribution < 1.29 is 14.3 Å². The van der Waals surface area contributed by atoms with E-state index in [1.807, 2.05) is 18.2 Å². The van der Waals surface area contributed by atoms with Crippen molar-refractivity contribution in [3.05, 3.63) is 78.5 Å². The van der Waals surface area contributed by atoms with Gasteiger partial charge in [-0.15, -0.1) is 0 Å². The fraction of sp³-hybridized carbons (Fsp3) is 0.185. The van der Waals surface area contributed by atoms with Crippen LogP contribution in [0.5, 0.6) is 0 Å². The summed E-state index contributed by atoms with van der Waals surface area (Å²) >= 11 is 0. The molecule has 5 aromatic heterocycles. The molecular formula is C27H24FN9O2. The SMILES string of the molecule is CC(C)(O)C(F)CNC(=O)c1cnc(-c2ccc3cc(C#N)cnn23)cc1Nc1ccc(-c2cn[nH]c2)nc1. The number of nitrogens with zero attached hydrogens (tertiary/aromatic N) is 6. The van der Waals surface area contributed by atoms with Crippen molar-refractivity contribution in [2.75, 3.05) is 11.9 Å². The monoisotopic (exact) mass is 525 g/mol. The van der Waals surface area contributed by atoms with E-state index in [1.165, 1.54) is 26.2 Å². The van der Waals surface area contributed by atoms with E-state index >= 15 is 0 Å². The molecule has 196 valence electrons. The Morgan fingerprint density at radius 1 is 1.15 bits per heavy atom. The molecule has 1 atom stereocenters. The molecule has 0 aliphatic carbocycles. The first-order chi connectivity index (χ1) is 18.7. The minimum absolute atomic E-state index is 0.168. The Kier molecular flexibility index (Phi) is 6.74. The normalized spacial score (nSPS) is 12.2. The predicted molar refractivity (Wildman–Crippen MR) is 142 cm³/mol. The number of aliphatic hydroxyl groups is 1. The summed E-state index contributed by atoms with van der Waals surface area (Å²) in [6, 6.07) is 12.7. The Bertz CT molecular complexity index is 1670. The lowest BCUT2D eigenvalue weighted by Gasteiger charge is -2.22. The second-order valence-electron chi connectivity index (χ2n) is 9.40. The number of hydrogen-bond donors (Lipinski definition) is 4. The second-order valence-corrected chi connectivity index (χ2v) is 9.40. The molecule has 0 spiro atoms. The fourth-order valence-corrected chi connectivity index (χ4v) is 3.85. The van der Waals surface area contributed by atoms with Gasteiger partial charge in [0.1, 0.15) is 12.2 Å². The Labute approximate surface area is 222 Å². The summed E-state index contributed by atoms with van der Waals surface area (Å²) in [6.45, 7) is 2.30. The standard InChI is InChI=1S/C27H24FN9O2/c1-27(2,39)25(28)15-32-26(38)20-14-31-23(24-6-4-19-7-16(9-29)10-35-37(19)24)8-22(20)36-18-3-5-21(30-13-18)17-11-33-34-12-17/h3-8,10-14,25,39H,15H2,1-2H3,(H,31,36)(H,32,38)(H,33,34). The summed E-state index contributed by atoms with van der Waals surface area (Å²) in [4.78, 5) is 22.0. The van der Waals surface area contributed by atoms with Crippen LogP contribution in [0.25, 0.3) is 28.2 Å². The van der Waals surface area contributed by atoms with Crippen molar-refractivity contribution in [3.8, 4) is 28.7 Å². The quantitative estimate of drug-likeness (QED) is 0.239. The van der Waals surface area contributed by atoms with E-state index in [0.717, 1.165) is 5.56 Å². The topological polar surface area (TPSA) is 157 Å². The molecule has 0 fully saturated rings. The van der Waals surface area contributed by atoms with Gasteiger partial charge in [0.05, 0.1) is 75.8 Å². The average Bonchev–Trinajstić information content (AvgIpc) is 3.61. The molecule has 0 aliphatic heterocycles. The van der Waals surface area contributed by atoms with Gasteiger partial charge >= 0.3 is 0 Å². The van der Waals surface area contributed by atoms with Crippen molar-refractivity contribution >= 4 is 22.8 Å². The molecule has 12 heteroatoms. The number of alkyl halides is 1. The number of rotatable bonds is 8. The van der Waals surface area contributed by atoms with E-state index in [0.29, 0.717) is 39.5 Å². The lowest BCUT2D eigenvalue weighted by atomic mass is 10.0. The van der Waals surface area contributed by atoms with E-state index in [1.54, 1.807) is 41.3 Å². The Balaban J connectivity index is 1.49. The van der Waals surface area contributed by atoms with Crippen LogP contribution in [0.15, 0.2) is 67.4 Å². The number of anilines is 2. The molecule has 0 radical (unpaired) electrons. The van der Waals surface area contributed by atoms with Crippen LogP contribution in [0.4, 0.5) is 15.8 Å². The van der Waals surface area contributed by atoms with Crippen LogP contribution in [-0.4, -0.2) is 59.1 Å². The smallest absolute Gasteiger partial charge is 0.255 e. The van der Waals surface area contributed by atoms with Crippen LogP contribution in [-0.2, 0) is 0 Å². The molecule has 1 unspecified atom stereocenters. The lowest BCUT2D eigenvalue weighted by molar-refractivity contribution is -0.00177.